The summed E-state index contributed by atoms with van der Waals surface area (Å²) in [4.78, 5) is 18.3. The summed E-state index contributed by atoms with van der Waals surface area (Å²) in [6.45, 7) is 2.14. The molecule has 0 radical (unpaired) electrons. The lowest BCUT2D eigenvalue weighted by atomic mass is 10.3. The number of nitrogens with zero attached hydrogens (tertiary/aromatic N) is 1. The average Bonchev–Trinajstić information content (AvgIpc) is 2.96. The second kappa shape index (κ2) is 6.36. The third kappa shape index (κ3) is 3.34. The molecular weight excluding hydrogens is 284 g/mol. The van der Waals surface area contributed by atoms with Gasteiger partial charge in [-0.3, -0.25) is 4.79 Å². The molecule has 0 aliphatic rings. The van der Waals surface area contributed by atoms with E-state index in [-0.39, 0.29) is 5.91 Å². The Morgan fingerprint density at radius 3 is 3.00 bits per heavy atom. The molecule has 2 rings (SSSR count). The van der Waals surface area contributed by atoms with E-state index in [1.54, 1.807) is 11.3 Å². The van der Waals surface area contributed by atoms with Crippen LogP contribution in [0.2, 0.25) is 0 Å². The Balaban J connectivity index is 2.07. The van der Waals surface area contributed by atoms with E-state index in [2.05, 4.69) is 42.0 Å². The Bertz CT molecular complexity index is 533. The SMILES string of the molecule is CCc1ccc(-c2csc(NC(=O)CCS)n2)s1. The summed E-state index contributed by atoms with van der Waals surface area (Å²) in [5, 5.41) is 5.41. The van der Waals surface area contributed by atoms with Gasteiger partial charge in [-0.2, -0.15) is 12.6 Å². The monoisotopic (exact) mass is 298 g/mol. The molecule has 6 heteroatoms. The lowest BCUT2D eigenvalue weighted by Crippen LogP contribution is -2.11. The minimum absolute atomic E-state index is 0.0358. The van der Waals surface area contributed by atoms with Gasteiger partial charge < -0.3 is 5.32 Å². The second-order valence-electron chi connectivity index (χ2n) is 3.68. The summed E-state index contributed by atoms with van der Waals surface area (Å²) in [6, 6.07) is 4.20. The van der Waals surface area contributed by atoms with Crippen molar-refractivity contribution in [3.8, 4) is 10.6 Å². The Hall–Kier alpha value is -0.850. The molecule has 0 fully saturated rings. The number of aromatic nitrogens is 1. The summed E-state index contributed by atoms with van der Waals surface area (Å²) in [7, 11) is 0. The molecule has 2 aromatic rings. The maximum Gasteiger partial charge on any atom is 0.226 e. The zero-order valence-electron chi connectivity index (χ0n) is 9.97. The number of nitrogens with one attached hydrogen (secondary N) is 1. The maximum atomic E-state index is 11.4. The molecule has 0 aromatic carbocycles. The Labute approximate surface area is 120 Å². The summed E-state index contributed by atoms with van der Waals surface area (Å²) in [5.74, 6) is 0.515. The van der Waals surface area contributed by atoms with Crippen LogP contribution in [0.25, 0.3) is 10.6 Å². The highest BCUT2D eigenvalue weighted by Gasteiger charge is 2.09. The average molecular weight is 298 g/mol. The summed E-state index contributed by atoms with van der Waals surface area (Å²) < 4.78 is 0. The predicted molar refractivity (Wildman–Crippen MR) is 81.9 cm³/mol. The topological polar surface area (TPSA) is 42.0 Å². The van der Waals surface area contributed by atoms with Gasteiger partial charge in [-0.1, -0.05) is 6.92 Å². The van der Waals surface area contributed by atoms with Gasteiger partial charge in [0.2, 0.25) is 5.91 Å². The molecule has 0 aliphatic heterocycles. The van der Waals surface area contributed by atoms with Crippen molar-refractivity contribution < 1.29 is 4.79 Å². The van der Waals surface area contributed by atoms with E-state index >= 15 is 0 Å². The Morgan fingerprint density at radius 1 is 1.50 bits per heavy atom. The van der Waals surface area contributed by atoms with E-state index in [4.69, 9.17) is 0 Å². The first-order valence-electron chi connectivity index (χ1n) is 5.68. The summed E-state index contributed by atoms with van der Waals surface area (Å²) >= 11 is 7.23. The van der Waals surface area contributed by atoms with Crippen LogP contribution in [0.5, 0.6) is 0 Å². The first-order valence-corrected chi connectivity index (χ1v) is 8.01. The third-order valence-electron chi connectivity index (χ3n) is 2.35. The molecular formula is C12H14N2OS3. The number of hydrogen-bond acceptors (Lipinski definition) is 5. The molecule has 2 aromatic heterocycles. The molecule has 1 amide bonds. The Morgan fingerprint density at radius 2 is 2.33 bits per heavy atom. The van der Waals surface area contributed by atoms with Gasteiger partial charge in [-0.15, -0.1) is 22.7 Å². The van der Waals surface area contributed by atoms with Crippen LogP contribution >= 0.6 is 35.3 Å². The molecule has 1 N–H and O–H groups in total. The van der Waals surface area contributed by atoms with Gasteiger partial charge in [0.05, 0.1) is 10.6 Å². The number of anilines is 1. The number of rotatable bonds is 5. The molecule has 0 saturated heterocycles. The molecule has 0 spiro atoms. The van der Waals surface area contributed by atoms with Crippen LogP contribution < -0.4 is 5.32 Å². The fraction of sp³-hybridized carbons (Fsp3) is 0.333. The molecule has 0 atom stereocenters. The number of thiophene rings is 1. The number of carbonyl (C=O) groups is 1. The lowest BCUT2D eigenvalue weighted by Gasteiger charge is -1.97. The van der Waals surface area contributed by atoms with Gasteiger partial charge in [0.1, 0.15) is 0 Å². The van der Waals surface area contributed by atoms with E-state index in [1.165, 1.54) is 16.2 Å². The molecule has 0 unspecified atom stereocenters. The van der Waals surface area contributed by atoms with Crippen LogP contribution in [0.3, 0.4) is 0 Å². The van der Waals surface area contributed by atoms with Crippen molar-refractivity contribution in [1.29, 1.82) is 0 Å². The van der Waals surface area contributed by atoms with Crippen LogP contribution in [0.15, 0.2) is 17.5 Å². The van der Waals surface area contributed by atoms with Crippen molar-refractivity contribution in [1.82, 2.24) is 4.98 Å². The molecule has 2 heterocycles. The zero-order chi connectivity index (χ0) is 13.0. The van der Waals surface area contributed by atoms with Gasteiger partial charge in [0, 0.05) is 16.7 Å². The number of hydrogen-bond donors (Lipinski definition) is 2. The first-order chi connectivity index (χ1) is 8.72. The number of aryl methyl sites for hydroxylation is 1. The summed E-state index contributed by atoms with van der Waals surface area (Å²) in [5.41, 5.74) is 0.936. The van der Waals surface area contributed by atoms with Crippen molar-refractivity contribution >= 4 is 46.3 Å². The van der Waals surface area contributed by atoms with Crippen molar-refractivity contribution in [3.63, 3.8) is 0 Å². The van der Waals surface area contributed by atoms with E-state index in [0.29, 0.717) is 17.3 Å². The van der Waals surface area contributed by atoms with Gasteiger partial charge in [-0.05, 0) is 24.3 Å². The van der Waals surface area contributed by atoms with Gasteiger partial charge in [0.15, 0.2) is 5.13 Å². The van der Waals surface area contributed by atoms with Crippen molar-refractivity contribution in [3.05, 3.63) is 22.4 Å². The van der Waals surface area contributed by atoms with Gasteiger partial charge in [-0.25, -0.2) is 4.98 Å². The zero-order valence-corrected chi connectivity index (χ0v) is 12.5. The Kier molecular flexibility index (Phi) is 4.79. The molecule has 96 valence electrons. The third-order valence-corrected chi connectivity index (χ3v) is 4.59. The minimum atomic E-state index is -0.0358. The maximum absolute atomic E-state index is 11.4. The molecule has 0 saturated carbocycles. The number of thiazole rings is 1. The molecule has 0 aliphatic carbocycles. The van der Waals surface area contributed by atoms with Crippen LogP contribution in [-0.2, 0) is 11.2 Å². The van der Waals surface area contributed by atoms with Gasteiger partial charge in [0.25, 0.3) is 0 Å². The van der Waals surface area contributed by atoms with E-state index in [1.807, 2.05) is 5.38 Å². The highest BCUT2D eigenvalue weighted by atomic mass is 32.1. The van der Waals surface area contributed by atoms with Gasteiger partial charge >= 0.3 is 0 Å². The van der Waals surface area contributed by atoms with Crippen molar-refractivity contribution in [2.24, 2.45) is 0 Å². The second-order valence-corrected chi connectivity index (χ2v) is 6.15. The highest BCUT2D eigenvalue weighted by Crippen LogP contribution is 2.30. The molecule has 3 nitrogen and oxygen atoms in total. The van der Waals surface area contributed by atoms with Crippen LogP contribution in [-0.4, -0.2) is 16.6 Å². The van der Waals surface area contributed by atoms with E-state index < -0.39 is 0 Å². The minimum Gasteiger partial charge on any atom is -0.302 e. The van der Waals surface area contributed by atoms with Crippen LogP contribution in [0.1, 0.15) is 18.2 Å². The smallest absolute Gasteiger partial charge is 0.226 e. The predicted octanol–water partition coefficient (Wildman–Crippen LogP) is 3.69. The largest absolute Gasteiger partial charge is 0.302 e. The lowest BCUT2D eigenvalue weighted by molar-refractivity contribution is -0.115. The van der Waals surface area contributed by atoms with Crippen molar-refractivity contribution in [2.45, 2.75) is 19.8 Å². The standard InChI is InChI=1S/C12H14N2OS3/c1-2-8-3-4-10(18-8)9-7-17-12(13-9)14-11(15)5-6-16/h3-4,7,16H,2,5-6H2,1H3,(H,13,14,15). The van der Waals surface area contributed by atoms with E-state index in [0.717, 1.165) is 17.0 Å². The number of thiol groups is 1. The van der Waals surface area contributed by atoms with E-state index in [9.17, 15) is 4.79 Å². The van der Waals surface area contributed by atoms with Crippen molar-refractivity contribution in [2.75, 3.05) is 11.1 Å². The number of carbonyl (C=O) groups excluding carboxylic acids is 1. The number of amides is 1. The quantitative estimate of drug-likeness (QED) is 0.827. The normalized spacial score (nSPS) is 10.6. The fourth-order valence-electron chi connectivity index (χ4n) is 1.43. The van der Waals surface area contributed by atoms with Crippen LogP contribution in [0.4, 0.5) is 5.13 Å². The molecule has 0 bridgehead atoms. The van der Waals surface area contributed by atoms with Crippen LogP contribution in [0, 0.1) is 0 Å². The first kappa shape index (κ1) is 13.6. The fourth-order valence-corrected chi connectivity index (χ4v) is 3.35. The summed E-state index contributed by atoms with van der Waals surface area (Å²) in [6.07, 6.45) is 1.46. The molecule has 18 heavy (non-hydrogen) atoms. The highest BCUT2D eigenvalue weighted by molar-refractivity contribution is 7.80.